The number of aromatic nitrogens is 2. The number of aryl methyl sites for hydroxylation is 2. The SMILES string of the molecule is Cc1ccc(-c2cc(C(=O)Nc3ccc(CCN(C)C)cc3)c3c(C)noc3n2)s1. The Labute approximate surface area is 179 Å². The van der Waals surface area contributed by atoms with Crippen molar-refractivity contribution in [2.24, 2.45) is 0 Å². The average molecular weight is 421 g/mol. The Kier molecular flexibility index (Phi) is 5.65. The van der Waals surface area contributed by atoms with E-state index in [2.05, 4.69) is 34.5 Å². The van der Waals surface area contributed by atoms with Crippen LogP contribution in [0.25, 0.3) is 21.7 Å². The van der Waals surface area contributed by atoms with Gasteiger partial charge in [-0.2, -0.15) is 0 Å². The number of carbonyl (C=O) groups is 1. The molecule has 0 spiro atoms. The summed E-state index contributed by atoms with van der Waals surface area (Å²) in [6.07, 6.45) is 0.968. The molecule has 154 valence electrons. The minimum atomic E-state index is -0.204. The van der Waals surface area contributed by atoms with Crippen LogP contribution in [0.2, 0.25) is 0 Å². The van der Waals surface area contributed by atoms with E-state index in [1.165, 1.54) is 10.4 Å². The van der Waals surface area contributed by atoms with Crippen LogP contribution >= 0.6 is 11.3 Å². The normalized spacial score (nSPS) is 11.4. The lowest BCUT2D eigenvalue weighted by molar-refractivity contribution is 0.102. The summed E-state index contributed by atoms with van der Waals surface area (Å²) in [5.74, 6) is -0.204. The third kappa shape index (κ3) is 4.27. The van der Waals surface area contributed by atoms with Gasteiger partial charge in [0.15, 0.2) is 0 Å². The Morgan fingerprint density at radius 1 is 1.13 bits per heavy atom. The quantitative estimate of drug-likeness (QED) is 0.479. The van der Waals surface area contributed by atoms with Crippen LogP contribution in [0.3, 0.4) is 0 Å². The molecule has 1 aromatic carbocycles. The van der Waals surface area contributed by atoms with Gasteiger partial charge in [0, 0.05) is 17.1 Å². The molecule has 6 nitrogen and oxygen atoms in total. The first-order valence-corrected chi connectivity index (χ1v) is 10.6. The Balaban J connectivity index is 1.63. The van der Waals surface area contributed by atoms with Crippen molar-refractivity contribution in [1.29, 1.82) is 0 Å². The predicted molar refractivity (Wildman–Crippen MR) is 121 cm³/mol. The number of likely N-dealkylation sites (N-methyl/N-ethyl adjacent to an activating group) is 1. The lowest BCUT2D eigenvalue weighted by atomic mass is 10.1. The summed E-state index contributed by atoms with van der Waals surface area (Å²) < 4.78 is 5.38. The van der Waals surface area contributed by atoms with Crippen LogP contribution < -0.4 is 5.32 Å². The number of pyridine rings is 1. The highest BCUT2D eigenvalue weighted by Gasteiger charge is 2.20. The molecule has 3 aromatic heterocycles. The smallest absolute Gasteiger partial charge is 0.259 e. The van der Waals surface area contributed by atoms with Crippen LogP contribution in [-0.4, -0.2) is 41.6 Å². The van der Waals surface area contributed by atoms with Gasteiger partial charge >= 0.3 is 0 Å². The van der Waals surface area contributed by atoms with E-state index in [9.17, 15) is 4.79 Å². The molecule has 1 amide bonds. The molecular weight excluding hydrogens is 396 g/mol. The van der Waals surface area contributed by atoms with E-state index < -0.39 is 0 Å². The molecule has 0 saturated carbocycles. The number of fused-ring (bicyclic) bond motifs is 1. The summed E-state index contributed by atoms with van der Waals surface area (Å²) in [5, 5.41) is 7.66. The number of hydrogen-bond donors (Lipinski definition) is 1. The van der Waals surface area contributed by atoms with Gasteiger partial charge in [-0.1, -0.05) is 17.3 Å². The third-order valence-electron chi connectivity index (χ3n) is 4.91. The van der Waals surface area contributed by atoms with Crippen molar-refractivity contribution < 1.29 is 9.32 Å². The molecule has 0 bridgehead atoms. The molecule has 0 radical (unpaired) electrons. The van der Waals surface area contributed by atoms with Gasteiger partial charge in [-0.25, -0.2) is 4.98 Å². The van der Waals surface area contributed by atoms with Crippen molar-refractivity contribution in [3.8, 4) is 10.6 Å². The summed E-state index contributed by atoms with van der Waals surface area (Å²) in [5.41, 5.74) is 4.23. The molecule has 7 heteroatoms. The minimum Gasteiger partial charge on any atom is -0.335 e. The monoisotopic (exact) mass is 420 g/mol. The van der Waals surface area contributed by atoms with Gasteiger partial charge in [-0.05, 0) is 70.3 Å². The topological polar surface area (TPSA) is 71.3 Å². The molecular formula is C23H24N4O2S. The fraction of sp³-hybridized carbons (Fsp3) is 0.261. The first-order chi connectivity index (χ1) is 14.4. The number of anilines is 1. The Morgan fingerprint density at radius 2 is 1.90 bits per heavy atom. The number of rotatable bonds is 6. The second kappa shape index (κ2) is 8.38. The highest BCUT2D eigenvalue weighted by Crippen LogP contribution is 2.31. The van der Waals surface area contributed by atoms with Crippen LogP contribution in [-0.2, 0) is 6.42 Å². The first kappa shape index (κ1) is 20.3. The summed E-state index contributed by atoms with van der Waals surface area (Å²) >= 11 is 1.63. The number of amides is 1. The van der Waals surface area contributed by atoms with Crippen LogP contribution in [0.4, 0.5) is 5.69 Å². The largest absolute Gasteiger partial charge is 0.335 e. The summed E-state index contributed by atoms with van der Waals surface area (Å²) in [6.45, 7) is 4.85. The van der Waals surface area contributed by atoms with Crippen LogP contribution in [0.15, 0.2) is 47.0 Å². The number of hydrogen-bond acceptors (Lipinski definition) is 6. The second-order valence-corrected chi connectivity index (χ2v) is 8.91. The number of carbonyl (C=O) groups excluding carboxylic acids is 1. The molecule has 1 N–H and O–H groups in total. The summed E-state index contributed by atoms with van der Waals surface area (Å²) in [7, 11) is 4.12. The maximum atomic E-state index is 13.2. The van der Waals surface area contributed by atoms with E-state index >= 15 is 0 Å². The fourth-order valence-electron chi connectivity index (χ4n) is 3.28. The van der Waals surface area contributed by atoms with E-state index in [-0.39, 0.29) is 5.91 Å². The number of thiophene rings is 1. The summed E-state index contributed by atoms with van der Waals surface area (Å²) in [4.78, 5) is 22.0. The van der Waals surface area contributed by atoms with E-state index in [0.717, 1.165) is 23.5 Å². The van der Waals surface area contributed by atoms with Gasteiger partial charge in [-0.3, -0.25) is 4.79 Å². The zero-order valence-corrected chi connectivity index (χ0v) is 18.3. The molecule has 0 aliphatic rings. The van der Waals surface area contributed by atoms with Crippen molar-refractivity contribution in [2.45, 2.75) is 20.3 Å². The average Bonchev–Trinajstić information content (AvgIpc) is 3.32. The molecule has 0 aliphatic heterocycles. The van der Waals surface area contributed by atoms with Gasteiger partial charge < -0.3 is 14.7 Å². The highest BCUT2D eigenvalue weighted by atomic mass is 32.1. The summed E-state index contributed by atoms with van der Waals surface area (Å²) in [6, 6.07) is 13.8. The zero-order chi connectivity index (χ0) is 21.3. The Bertz CT molecular complexity index is 1190. The molecule has 0 fully saturated rings. The molecule has 4 rings (SSSR count). The van der Waals surface area contributed by atoms with E-state index in [4.69, 9.17) is 4.52 Å². The maximum Gasteiger partial charge on any atom is 0.259 e. The van der Waals surface area contributed by atoms with Crippen molar-refractivity contribution >= 4 is 34.0 Å². The van der Waals surface area contributed by atoms with Crippen molar-refractivity contribution in [3.05, 3.63) is 64.2 Å². The molecule has 0 aliphatic carbocycles. The van der Waals surface area contributed by atoms with Gasteiger partial charge in [-0.15, -0.1) is 11.3 Å². The van der Waals surface area contributed by atoms with E-state index in [0.29, 0.717) is 28.1 Å². The van der Waals surface area contributed by atoms with E-state index in [1.54, 1.807) is 11.3 Å². The van der Waals surface area contributed by atoms with Crippen molar-refractivity contribution in [2.75, 3.05) is 26.0 Å². The van der Waals surface area contributed by atoms with Crippen LogP contribution in [0.5, 0.6) is 0 Å². The third-order valence-corrected chi connectivity index (χ3v) is 5.94. The van der Waals surface area contributed by atoms with Crippen LogP contribution in [0, 0.1) is 13.8 Å². The molecule has 30 heavy (non-hydrogen) atoms. The van der Waals surface area contributed by atoms with Gasteiger partial charge in [0.1, 0.15) is 0 Å². The molecule has 0 unspecified atom stereocenters. The molecule has 4 aromatic rings. The minimum absolute atomic E-state index is 0.204. The Morgan fingerprint density at radius 3 is 2.57 bits per heavy atom. The first-order valence-electron chi connectivity index (χ1n) is 9.79. The second-order valence-electron chi connectivity index (χ2n) is 7.62. The van der Waals surface area contributed by atoms with Gasteiger partial charge in [0.2, 0.25) is 0 Å². The van der Waals surface area contributed by atoms with Gasteiger partial charge in [0.25, 0.3) is 11.6 Å². The van der Waals surface area contributed by atoms with Crippen molar-refractivity contribution in [1.82, 2.24) is 15.0 Å². The molecule has 0 atom stereocenters. The lowest BCUT2D eigenvalue weighted by Gasteiger charge is -2.11. The molecule has 3 heterocycles. The zero-order valence-electron chi connectivity index (χ0n) is 17.5. The predicted octanol–water partition coefficient (Wildman–Crippen LogP) is 4.92. The Hall–Kier alpha value is -3.03. The number of nitrogens with one attached hydrogen (secondary N) is 1. The lowest BCUT2D eigenvalue weighted by Crippen LogP contribution is -2.15. The standard InChI is InChI=1S/C23H24N4O2S/c1-14-5-10-20(30-14)19-13-18(21-15(2)26-29-23(21)25-19)22(28)24-17-8-6-16(7-9-17)11-12-27(3)4/h5-10,13H,11-12H2,1-4H3,(H,24,28). The van der Waals surface area contributed by atoms with E-state index in [1.807, 2.05) is 56.3 Å². The number of nitrogens with zero attached hydrogens (tertiary/aromatic N) is 3. The number of benzene rings is 1. The van der Waals surface area contributed by atoms with Gasteiger partial charge in [0.05, 0.1) is 27.2 Å². The highest BCUT2D eigenvalue weighted by molar-refractivity contribution is 7.15. The van der Waals surface area contributed by atoms with Crippen molar-refractivity contribution in [3.63, 3.8) is 0 Å². The maximum absolute atomic E-state index is 13.2. The fourth-order valence-corrected chi connectivity index (χ4v) is 4.11. The molecule has 0 saturated heterocycles. The van der Waals surface area contributed by atoms with Crippen LogP contribution in [0.1, 0.15) is 26.5 Å².